The Balaban J connectivity index is 1.66. The summed E-state index contributed by atoms with van der Waals surface area (Å²) in [5.74, 6) is 1.87. The summed E-state index contributed by atoms with van der Waals surface area (Å²) in [5, 5.41) is 3.56. The fourth-order valence-corrected chi connectivity index (χ4v) is 3.26. The molecule has 2 heterocycles. The molecule has 1 aromatic rings. The smallest absolute Gasteiger partial charge is 0.134 e. The molecule has 1 aromatic heterocycles. The minimum atomic E-state index is 0.292. The maximum Gasteiger partial charge on any atom is 0.134 e. The second-order valence-corrected chi connectivity index (χ2v) is 5.89. The normalized spacial score (nSPS) is 26.0. The molecule has 2 atom stereocenters. The third-order valence-corrected chi connectivity index (χ3v) is 4.40. The van der Waals surface area contributed by atoms with Crippen molar-refractivity contribution in [1.29, 1.82) is 0 Å². The fourth-order valence-electron chi connectivity index (χ4n) is 3.26. The SMILES string of the molecule is CCO[C@@H]1CCCC[C@H]1Nc1cc(N2CCOCC2)ncn1. The number of anilines is 2. The summed E-state index contributed by atoms with van der Waals surface area (Å²) in [4.78, 5) is 11.0. The number of ether oxygens (including phenoxy) is 2. The molecule has 1 N–H and O–H groups in total. The van der Waals surface area contributed by atoms with E-state index < -0.39 is 0 Å². The molecule has 2 aliphatic rings. The van der Waals surface area contributed by atoms with Crippen LogP contribution >= 0.6 is 0 Å². The van der Waals surface area contributed by atoms with Crippen LogP contribution in [0.1, 0.15) is 32.6 Å². The standard InChI is InChI=1S/C16H26N4O2/c1-2-22-14-6-4-3-5-13(14)19-15-11-16(18-12-17-15)20-7-9-21-10-8-20/h11-14H,2-10H2,1H3,(H,17,18,19)/t13-,14-/m1/s1. The largest absolute Gasteiger partial charge is 0.378 e. The van der Waals surface area contributed by atoms with Gasteiger partial charge in [-0.1, -0.05) is 12.8 Å². The highest BCUT2D eigenvalue weighted by Crippen LogP contribution is 2.25. The van der Waals surface area contributed by atoms with Crippen molar-refractivity contribution in [3.63, 3.8) is 0 Å². The van der Waals surface area contributed by atoms with Crippen molar-refractivity contribution in [1.82, 2.24) is 9.97 Å². The minimum Gasteiger partial charge on any atom is -0.378 e. The summed E-state index contributed by atoms with van der Waals surface area (Å²) in [6.45, 7) is 6.14. The van der Waals surface area contributed by atoms with Gasteiger partial charge in [-0.15, -0.1) is 0 Å². The zero-order valence-corrected chi connectivity index (χ0v) is 13.3. The summed E-state index contributed by atoms with van der Waals surface area (Å²) >= 11 is 0. The fraction of sp³-hybridized carbons (Fsp3) is 0.750. The highest BCUT2D eigenvalue weighted by molar-refractivity contribution is 5.49. The van der Waals surface area contributed by atoms with Crippen LogP contribution in [0.2, 0.25) is 0 Å². The molecule has 0 unspecified atom stereocenters. The molecule has 2 fully saturated rings. The van der Waals surface area contributed by atoms with Crippen molar-refractivity contribution in [2.75, 3.05) is 43.1 Å². The summed E-state index contributed by atoms with van der Waals surface area (Å²) in [6.07, 6.45) is 6.72. The second kappa shape index (κ2) is 7.74. The average molecular weight is 306 g/mol. The Bertz CT molecular complexity index is 463. The van der Waals surface area contributed by atoms with Crippen LogP contribution in [0.3, 0.4) is 0 Å². The van der Waals surface area contributed by atoms with Gasteiger partial charge in [-0.2, -0.15) is 0 Å². The first-order valence-electron chi connectivity index (χ1n) is 8.39. The van der Waals surface area contributed by atoms with E-state index >= 15 is 0 Å². The van der Waals surface area contributed by atoms with Crippen LogP contribution in [0.5, 0.6) is 0 Å². The molecule has 1 saturated heterocycles. The number of hydrogen-bond acceptors (Lipinski definition) is 6. The summed E-state index contributed by atoms with van der Waals surface area (Å²) in [6, 6.07) is 2.39. The Morgan fingerprint density at radius 2 is 2.09 bits per heavy atom. The van der Waals surface area contributed by atoms with E-state index in [0.29, 0.717) is 12.1 Å². The molecule has 3 rings (SSSR count). The van der Waals surface area contributed by atoms with E-state index in [-0.39, 0.29) is 0 Å². The van der Waals surface area contributed by atoms with Gasteiger partial charge >= 0.3 is 0 Å². The van der Waals surface area contributed by atoms with Gasteiger partial charge in [0, 0.05) is 25.8 Å². The first kappa shape index (κ1) is 15.5. The van der Waals surface area contributed by atoms with Crippen LogP contribution in [0.4, 0.5) is 11.6 Å². The maximum atomic E-state index is 5.88. The van der Waals surface area contributed by atoms with Crippen LogP contribution in [-0.4, -0.2) is 55.0 Å². The van der Waals surface area contributed by atoms with E-state index in [4.69, 9.17) is 9.47 Å². The number of hydrogen-bond donors (Lipinski definition) is 1. The molecular formula is C16H26N4O2. The van der Waals surface area contributed by atoms with Crippen molar-refractivity contribution in [3.05, 3.63) is 12.4 Å². The van der Waals surface area contributed by atoms with E-state index in [2.05, 4.69) is 27.1 Å². The van der Waals surface area contributed by atoms with Crippen LogP contribution in [-0.2, 0) is 9.47 Å². The van der Waals surface area contributed by atoms with Gasteiger partial charge in [0.15, 0.2) is 0 Å². The quantitative estimate of drug-likeness (QED) is 0.899. The number of nitrogens with zero attached hydrogens (tertiary/aromatic N) is 3. The molecule has 0 bridgehead atoms. The second-order valence-electron chi connectivity index (χ2n) is 5.89. The Morgan fingerprint density at radius 1 is 1.27 bits per heavy atom. The van der Waals surface area contributed by atoms with Gasteiger partial charge in [0.1, 0.15) is 18.0 Å². The topological polar surface area (TPSA) is 59.5 Å². The van der Waals surface area contributed by atoms with Crippen LogP contribution in [0.25, 0.3) is 0 Å². The van der Waals surface area contributed by atoms with E-state index in [9.17, 15) is 0 Å². The van der Waals surface area contributed by atoms with Crippen molar-refractivity contribution in [3.8, 4) is 0 Å². The molecule has 22 heavy (non-hydrogen) atoms. The predicted molar refractivity (Wildman–Crippen MR) is 86.4 cm³/mol. The Hall–Kier alpha value is -1.40. The molecule has 122 valence electrons. The first-order chi connectivity index (χ1) is 10.9. The summed E-state index contributed by atoms with van der Waals surface area (Å²) in [7, 11) is 0. The predicted octanol–water partition coefficient (Wildman–Crippen LogP) is 2.07. The Labute approximate surface area is 132 Å². The van der Waals surface area contributed by atoms with E-state index in [1.54, 1.807) is 6.33 Å². The first-order valence-corrected chi connectivity index (χ1v) is 8.39. The van der Waals surface area contributed by atoms with Crippen LogP contribution in [0.15, 0.2) is 12.4 Å². The average Bonchev–Trinajstić information content (AvgIpc) is 2.58. The van der Waals surface area contributed by atoms with Crippen molar-refractivity contribution < 1.29 is 9.47 Å². The van der Waals surface area contributed by atoms with E-state index in [1.807, 2.05) is 6.07 Å². The molecule has 0 radical (unpaired) electrons. The molecule has 1 aliphatic carbocycles. The summed E-state index contributed by atoms with van der Waals surface area (Å²) < 4.78 is 11.3. The van der Waals surface area contributed by atoms with Crippen LogP contribution in [0, 0.1) is 0 Å². The van der Waals surface area contributed by atoms with Gasteiger partial charge < -0.3 is 19.7 Å². The zero-order chi connectivity index (χ0) is 15.2. The van der Waals surface area contributed by atoms with Crippen molar-refractivity contribution >= 4 is 11.6 Å². The van der Waals surface area contributed by atoms with Gasteiger partial charge in [-0.25, -0.2) is 9.97 Å². The molecule has 1 saturated carbocycles. The number of morpholine rings is 1. The lowest BCUT2D eigenvalue weighted by Crippen LogP contribution is -2.39. The van der Waals surface area contributed by atoms with Gasteiger partial charge in [-0.3, -0.25) is 0 Å². The molecule has 1 aliphatic heterocycles. The van der Waals surface area contributed by atoms with E-state index in [0.717, 1.165) is 57.4 Å². The summed E-state index contributed by atoms with van der Waals surface area (Å²) in [5.41, 5.74) is 0. The van der Waals surface area contributed by atoms with Gasteiger partial charge in [-0.05, 0) is 19.8 Å². The number of nitrogens with one attached hydrogen (secondary N) is 1. The minimum absolute atomic E-state index is 0.292. The van der Waals surface area contributed by atoms with Gasteiger partial charge in [0.05, 0.1) is 25.4 Å². The van der Waals surface area contributed by atoms with Gasteiger partial charge in [0.25, 0.3) is 0 Å². The molecule has 0 amide bonds. The highest BCUT2D eigenvalue weighted by atomic mass is 16.5. The lowest BCUT2D eigenvalue weighted by molar-refractivity contribution is 0.0280. The molecule has 0 aromatic carbocycles. The monoisotopic (exact) mass is 306 g/mol. The van der Waals surface area contributed by atoms with E-state index in [1.165, 1.54) is 12.8 Å². The molecule has 0 spiro atoms. The molecule has 6 nitrogen and oxygen atoms in total. The molecule has 6 heteroatoms. The van der Waals surface area contributed by atoms with Crippen LogP contribution < -0.4 is 10.2 Å². The highest BCUT2D eigenvalue weighted by Gasteiger charge is 2.26. The Morgan fingerprint density at radius 3 is 2.91 bits per heavy atom. The van der Waals surface area contributed by atoms with Crippen molar-refractivity contribution in [2.45, 2.75) is 44.8 Å². The lowest BCUT2D eigenvalue weighted by atomic mass is 9.92. The number of aromatic nitrogens is 2. The molecular weight excluding hydrogens is 280 g/mol. The Kier molecular flexibility index (Phi) is 5.45. The third-order valence-electron chi connectivity index (χ3n) is 4.40. The lowest BCUT2D eigenvalue weighted by Gasteiger charge is -2.32. The maximum absolute atomic E-state index is 5.88. The van der Waals surface area contributed by atoms with Crippen molar-refractivity contribution in [2.24, 2.45) is 0 Å². The zero-order valence-electron chi connectivity index (χ0n) is 13.3. The third kappa shape index (κ3) is 3.87. The van der Waals surface area contributed by atoms with Gasteiger partial charge in [0.2, 0.25) is 0 Å². The number of rotatable bonds is 5.